The van der Waals surface area contributed by atoms with E-state index in [-0.39, 0.29) is 22.5 Å². The number of methoxy groups -OCH3 is 1. The third-order valence-corrected chi connectivity index (χ3v) is 5.83. The molecule has 1 aliphatic heterocycles. The molecule has 1 heterocycles. The number of carbonyl (C=O) groups excluding carboxylic acids is 1. The lowest BCUT2D eigenvalue weighted by Crippen LogP contribution is -2.26. The Morgan fingerprint density at radius 2 is 1.80 bits per heavy atom. The average Bonchev–Trinajstić information content (AvgIpc) is 3.10. The Morgan fingerprint density at radius 1 is 1.07 bits per heavy atom. The molecule has 1 aliphatic rings. The zero-order chi connectivity index (χ0) is 21.9. The molecule has 7 nitrogen and oxygen atoms in total. The standard InChI is InChI=1S/C22H27NO6S/c1-15(2)29-21-8-7-19(30(4,25)26)12-20(21)22(24)23-13-16-5-6-18(11-17(16)14-23)28-10-9-27-3/h5-8,11-12,15H,9-10,13-14H2,1-4H3. The Morgan fingerprint density at radius 3 is 2.47 bits per heavy atom. The van der Waals surface area contributed by atoms with Crippen molar-refractivity contribution in [3.05, 3.63) is 53.1 Å². The molecule has 0 aromatic heterocycles. The molecule has 2 aromatic carbocycles. The number of benzene rings is 2. The van der Waals surface area contributed by atoms with Crippen LogP contribution in [0.1, 0.15) is 35.3 Å². The molecule has 0 unspecified atom stereocenters. The Labute approximate surface area is 177 Å². The second-order valence-corrected chi connectivity index (χ2v) is 9.55. The number of rotatable bonds is 8. The van der Waals surface area contributed by atoms with Crippen molar-refractivity contribution in [3.8, 4) is 11.5 Å². The minimum absolute atomic E-state index is 0.0903. The van der Waals surface area contributed by atoms with Crippen molar-refractivity contribution >= 4 is 15.7 Å². The summed E-state index contributed by atoms with van der Waals surface area (Å²) in [6, 6.07) is 10.2. The molecule has 0 fully saturated rings. The Bertz CT molecular complexity index is 1030. The molecule has 162 valence electrons. The first-order valence-corrected chi connectivity index (χ1v) is 11.6. The van der Waals surface area contributed by atoms with Crippen molar-refractivity contribution in [3.63, 3.8) is 0 Å². The highest BCUT2D eigenvalue weighted by atomic mass is 32.2. The lowest BCUT2D eigenvalue weighted by atomic mass is 10.1. The summed E-state index contributed by atoms with van der Waals surface area (Å²) < 4.78 is 40.4. The van der Waals surface area contributed by atoms with Gasteiger partial charge in [0.15, 0.2) is 9.84 Å². The summed E-state index contributed by atoms with van der Waals surface area (Å²) in [6.45, 7) is 5.52. The van der Waals surface area contributed by atoms with Crippen molar-refractivity contribution in [2.24, 2.45) is 0 Å². The molecule has 1 amide bonds. The highest BCUT2D eigenvalue weighted by Crippen LogP contribution is 2.31. The van der Waals surface area contributed by atoms with Crippen LogP contribution in [0.25, 0.3) is 0 Å². The zero-order valence-electron chi connectivity index (χ0n) is 17.7. The number of amides is 1. The molecule has 0 aliphatic carbocycles. The van der Waals surface area contributed by atoms with Crippen LogP contribution >= 0.6 is 0 Å². The molecule has 0 atom stereocenters. The minimum atomic E-state index is -3.45. The van der Waals surface area contributed by atoms with Gasteiger partial charge >= 0.3 is 0 Å². The van der Waals surface area contributed by atoms with Crippen molar-refractivity contribution in [2.75, 3.05) is 26.6 Å². The fraction of sp³-hybridized carbons (Fsp3) is 0.409. The summed E-state index contributed by atoms with van der Waals surface area (Å²) in [5.74, 6) is 0.833. The third kappa shape index (κ3) is 5.12. The number of carbonyl (C=O) groups is 1. The minimum Gasteiger partial charge on any atom is -0.491 e. The first-order chi connectivity index (χ1) is 14.2. The number of hydrogen-bond acceptors (Lipinski definition) is 6. The van der Waals surface area contributed by atoms with E-state index in [2.05, 4.69) is 0 Å². The van der Waals surface area contributed by atoms with Gasteiger partial charge in [0.2, 0.25) is 0 Å². The molecular weight excluding hydrogens is 406 g/mol. The van der Waals surface area contributed by atoms with Crippen molar-refractivity contribution in [1.29, 1.82) is 0 Å². The van der Waals surface area contributed by atoms with Gasteiger partial charge in [-0.15, -0.1) is 0 Å². The number of nitrogens with zero attached hydrogens (tertiary/aromatic N) is 1. The van der Waals surface area contributed by atoms with Crippen LogP contribution in [-0.4, -0.2) is 51.9 Å². The molecule has 0 saturated carbocycles. The first kappa shape index (κ1) is 22.1. The Kier molecular flexibility index (Phi) is 6.67. The van der Waals surface area contributed by atoms with E-state index in [4.69, 9.17) is 14.2 Å². The van der Waals surface area contributed by atoms with E-state index in [1.54, 1.807) is 18.1 Å². The fourth-order valence-electron chi connectivity index (χ4n) is 3.28. The van der Waals surface area contributed by atoms with Crippen molar-refractivity contribution in [2.45, 2.75) is 37.9 Å². The number of hydrogen-bond donors (Lipinski definition) is 0. The normalized spacial score (nSPS) is 13.4. The third-order valence-electron chi connectivity index (χ3n) is 4.72. The van der Waals surface area contributed by atoms with Gasteiger partial charge in [-0.2, -0.15) is 0 Å². The van der Waals surface area contributed by atoms with Crippen LogP contribution in [0.2, 0.25) is 0 Å². The summed E-state index contributed by atoms with van der Waals surface area (Å²) >= 11 is 0. The monoisotopic (exact) mass is 433 g/mol. The van der Waals surface area contributed by atoms with Gasteiger partial charge < -0.3 is 19.1 Å². The predicted octanol–water partition coefficient (Wildman–Crippen LogP) is 3.06. The van der Waals surface area contributed by atoms with Crippen LogP contribution in [-0.2, 0) is 27.7 Å². The summed E-state index contributed by atoms with van der Waals surface area (Å²) in [5.41, 5.74) is 2.29. The predicted molar refractivity (Wildman–Crippen MR) is 113 cm³/mol. The Balaban J connectivity index is 1.85. The molecule has 0 radical (unpaired) electrons. The van der Waals surface area contributed by atoms with Gasteiger partial charge in [0.25, 0.3) is 5.91 Å². The number of fused-ring (bicyclic) bond motifs is 1. The molecule has 0 spiro atoms. The van der Waals surface area contributed by atoms with Crippen LogP contribution in [0.4, 0.5) is 0 Å². The quantitative estimate of drug-likeness (QED) is 0.595. The van der Waals surface area contributed by atoms with E-state index in [0.29, 0.717) is 32.1 Å². The molecule has 0 saturated heterocycles. The molecule has 0 bridgehead atoms. The first-order valence-electron chi connectivity index (χ1n) is 9.72. The molecular formula is C22H27NO6S. The van der Waals surface area contributed by atoms with Gasteiger partial charge in [-0.05, 0) is 55.3 Å². The number of sulfone groups is 1. The van der Waals surface area contributed by atoms with Crippen LogP contribution < -0.4 is 9.47 Å². The summed E-state index contributed by atoms with van der Waals surface area (Å²) in [7, 11) is -1.83. The van der Waals surface area contributed by atoms with Crippen LogP contribution in [0.5, 0.6) is 11.5 Å². The maximum absolute atomic E-state index is 13.3. The average molecular weight is 434 g/mol. The lowest BCUT2D eigenvalue weighted by molar-refractivity contribution is 0.0744. The smallest absolute Gasteiger partial charge is 0.258 e. The Hall–Kier alpha value is -2.58. The van der Waals surface area contributed by atoms with Gasteiger partial charge in [-0.3, -0.25) is 4.79 Å². The van der Waals surface area contributed by atoms with Gasteiger partial charge in [-0.25, -0.2) is 8.42 Å². The summed E-state index contributed by atoms with van der Waals surface area (Å²) in [4.78, 5) is 15.1. The van der Waals surface area contributed by atoms with Crippen LogP contribution in [0, 0.1) is 0 Å². The summed E-state index contributed by atoms with van der Waals surface area (Å²) in [6.07, 6.45) is 0.972. The van der Waals surface area contributed by atoms with E-state index in [9.17, 15) is 13.2 Å². The SMILES string of the molecule is COCCOc1ccc2c(c1)CN(C(=O)c1cc(S(C)(=O)=O)ccc1OC(C)C)C2. The van der Waals surface area contributed by atoms with Gasteiger partial charge in [0, 0.05) is 26.5 Å². The molecule has 8 heteroatoms. The molecule has 3 rings (SSSR count). The second-order valence-electron chi connectivity index (χ2n) is 7.53. The van der Waals surface area contributed by atoms with Crippen molar-refractivity contribution < 1.29 is 27.4 Å². The second kappa shape index (κ2) is 9.06. The fourth-order valence-corrected chi connectivity index (χ4v) is 3.93. The molecule has 2 aromatic rings. The van der Waals surface area contributed by atoms with E-state index >= 15 is 0 Å². The maximum atomic E-state index is 13.3. The van der Waals surface area contributed by atoms with E-state index in [1.165, 1.54) is 12.1 Å². The van der Waals surface area contributed by atoms with Crippen LogP contribution in [0.3, 0.4) is 0 Å². The van der Waals surface area contributed by atoms with Gasteiger partial charge in [0.1, 0.15) is 18.1 Å². The summed E-state index contributed by atoms with van der Waals surface area (Å²) in [5, 5.41) is 0. The highest BCUT2D eigenvalue weighted by molar-refractivity contribution is 7.90. The van der Waals surface area contributed by atoms with Crippen molar-refractivity contribution in [1.82, 2.24) is 4.90 Å². The maximum Gasteiger partial charge on any atom is 0.258 e. The highest BCUT2D eigenvalue weighted by Gasteiger charge is 2.28. The van der Waals surface area contributed by atoms with Gasteiger partial charge in [0.05, 0.1) is 23.2 Å². The van der Waals surface area contributed by atoms with Gasteiger partial charge in [-0.1, -0.05) is 6.07 Å². The number of ether oxygens (including phenoxy) is 3. The lowest BCUT2D eigenvalue weighted by Gasteiger charge is -2.20. The molecule has 0 N–H and O–H groups in total. The van der Waals surface area contributed by atoms with E-state index < -0.39 is 9.84 Å². The van der Waals surface area contributed by atoms with Crippen LogP contribution in [0.15, 0.2) is 41.3 Å². The van der Waals surface area contributed by atoms with E-state index in [1.807, 2.05) is 32.0 Å². The largest absolute Gasteiger partial charge is 0.491 e. The topological polar surface area (TPSA) is 82.1 Å². The zero-order valence-corrected chi connectivity index (χ0v) is 18.5. The van der Waals surface area contributed by atoms with E-state index in [0.717, 1.165) is 23.1 Å². The molecule has 30 heavy (non-hydrogen) atoms.